The van der Waals surface area contributed by atoms with Crippen LogP contribution >= 0.6 is 0 Å². The van der Waals surface area contributed by atoms with E-state index in [0.717, 1.165) is 30.7 Å². The van der Waals surface area contributed by atoms with E-state index >= 15 is 0 Å². The molecule has 4 nitrogen and oxygen atoms in total. The number of methoxy groups -OCH3 is 1. The lowest BCUT2D eigenvalue weighted by Gasteiger charge is -2.27. The number of nitrogens with zero attached hydrogens (tertiary/aromatic N) is 2. The van der Waals surface area contributed by atoms with Gasteiger partial charge in [-0.25, -0.2) is 4.39 Å². The minimum Gasteiger partial charge on any atom is -0.497 e. The summed E-state index contributed by atoms with van der Waals surface area (Å²) in [5.41, 5.74) is 2.11. The number of likely N-dealkylation sites (tertiary alicyclic amines) is 1. The van der Waals surface area contributed by atoms with Gasteiger partial charge in [0.15, 0.2) is 0 Å². The first-order valence-electron chi connectivity index (χ1n) is 8.93. The maximum Gasteiger partial charge on any atom is 0.236 e. The fourth-order valence-electron chi connectivity index (χ4n) is 3.49. The molecule has 0 saturated carbocycles. The van der Waals surface area contributed by atoms with Crippen molar-refractivity contribution in [3.63, 3.8) is 0 Å². The molecule has 1 heterocycles. The standard InChI is InChI=1S/C21H25FN2O2/c1-23(14-16-8-10-18(22)11-9-16)21(25)15-24-12-4-7-20(24)17-5-3-6-19(13-17)26-2/h3,5-6,8-11,13,20H,4,7,12,14-15H2,1-2H3. The van der Waals surface area contributed by atoms with E-state index in [9.17, 15) is 9.18 Å². The molecule has 0 radical (unpaired) electrons. The number of ether oxygens (including phenoxy) is 1. The molecule has 5 heteroatoms. The van der Waals surface area contributed by atoms with Crippen LogP contribution in [-0.4, -0.2) is 43.0 Å². The third-order valence-electron chi connectivity index (χ3n) is 4.94. The molecule has 1 fully saturated rings. The highest BCUT2D eigenvalue weighted by atomic mass is 19.1. The lowest BCUT2D eigenvalue weighted by Crippen LogP contribution is -2.37. The molecule has 0 N–H and O–H groups in total. The van der Waals surface area contributed by atoms with Crippen LogP contribution in [0.4, 0.5) is 4.39 Å². The van der Waals surface area contributed by atoms with Gasteiger partial charge in [-0.1, -0.05) is 24.3 Å². The van der Waals surface area contributed by atoms with Crippen molar-refractivity contribution in [2.45, 2.75) is 25.4 Å². The van der Waals surface area contributed by atoms with Crippen molar-refractivity contribution in [1.82, 2.24) is 9.80 Å². The van der Waals surface area contributed by atoms with Crippen LogP contribution in [0, 0.1) is 5.82 Å². The number of carbonyl (C=O) groups is 1. The summed E-state index contributed by atoms with van der Waals surface area (Å²) < 4.78 is 18.3. The number of halogens is 1. The average molecular weight is 356 g/mol. The van der Waals surface area contributed by atoms with Gasteiger partial charge in [0, 0.05) is 19.6 Å². The molecule has 0 spiro atoms. The van der Waals surface area contributed by atoms with Crippen molar-refractivity contribution in [1.29, 1.82) is 0 Å². The molecule has 1 saturated heterocycles. The van der Waals surface area contributed by atoms with Crippen molar-refractivity contribution in [2.24, 2.45) is 0 Å². The Morgan fingerprint density at radius 3 is 2.77 bits per heavy atom. The summed E-state index contributed by atoms with van der Waals surface area (Å²) in [5.74, 6) is 0.652. The second kappa shape index (κ2) is 8.32. The van der Waals surface area contributed by atoms with Gasteiger partial charge in [-0.15, -0.1) is 0 Å². The van der Waals surface area contributed by atoms with Gasteiger partial charge in [0.25, 0.3) is 0 Å². The second-order valence-electron chi connectivity index (χ2n) is 6.78. The summed E-state index contributed by atoms with van der Waals surface area (Å²) in [6.07, 6.45) is 2.12. The maximum atomic E-state index is 13.0. The van der Waals surface area contributed by atoms with Crippen LogP contribution in [0.2, 0.25) is 0 Å². The Morgan fingerprint density at radius 1 is 1.27 bits per heavy atom. The quantitative estimate of drug-likeness (QED) is 0.792. The van der Waals surface area contributed by atoms with E-state index in [-0.39, 0.29) is 17.8 Å². The molecular formula is C21H25FN2O2. The highest BCUT2D eigenvalue weighted by Crippen LogP contribution is 2.33. The van der Waals surface area contributed by atoms with Gasteiger partial charge in [0.05, 0.1) is 13.7 Å². The molecule has 2 aromatic carbocycles. The number of rotatable bonds is 6. The Bertz CT molecular complexity index is 748. The Kier molecular flexibility index (Phi) is 5.89. The predicted molar refractivity (Wildman–Crippen MR) is 99.4 cm³/mol. The van der Waals surface area contributed by atoms with Crippen molar-refractivity contribution in [3.05, 3.63) is 65.5 Å². The van der Waals surface area contributed by atoms with Gasteiger partial charge in [-0.05, 0) is 54.8 Å². The van der Waals surface area contributed by atoms with Crippen LogP contribution in [-0.2, 0) is 11.3 Å². The smallest absolute Gasteiger partial charge is 0.236 e. The van der Waals surface area contributed by atoms with Crippen LogP contribution in [0.25, 0.3) is 0 Å². The summed E-state index contributed by atoms with van der Waals surface area (Å²) in [4.78, 5) is 16.6. The molecular weight excluding hydrogens is 331 g/mol. The molecule has 0 aliphatic carbocycles. The Balaban J connectivity index is 1.62. The van der Waals surface area contributed by atoms with Gasteiger partial charge >= 0.3 is 0 Å². The highest BCUT2D eigenvalue weighted by molar-refractivity contribution is 5.78. The third-order valence-corrected chi connectivity index (χ3v) is 4.94. The molecule has 1 amide bonds. The SMILES string of the molecule is COc1cccc(C2CCCN2CC(=O)N(C)Cc2ccc(F)cc2)c1. The zero-order valence-electron chi connectivity index (χ0n) is 15.3. The lowest BCUT2D eigenvalue weighted by molar-refractivity contribution is -0.131. The van der Waals surface area contributed by atoms with Crippen molar-refractivity contribution < 1.29 is 13.9 Å². The molecule has 0 bridgehead atoms. The summed E-state index contributed by atoms with van der Waals surface area (Å²) in [7, 11) is 3.46. The zero-order chi connectivity index (χ0) is 18.5. The van der Waals surface area contributed by atoms with Gasteiger partial charge < -0.3 is 9.64 Å². The molecule has 1 atom stereocenters. The topological polar surface area (TPSA) is 32.8 Å². The monoisotopic (exact) mass is 356 g/mol. The van der Waals surface area contributed by atoms with Crippen LogP contribution in [0.1, 0.15) is 30.0 Å². The zero-order valence-corrected chi connectivity index (χ0v) is 15.3. The minimum atomic E-state index is -0.263. The Hall–Kier alpha value is -2.40. The largest absolute Gasteiger partial charge is 0.497 e. The summed E-state index contributed by atoms with van der Waals surface area (Å²) >= 11 is 0. The molecule has 1 aliphatic heterocycles. The molecule has 26 heavy (non-hydrogen) atoms. The molecule has 0 aromatic heterocycles. The van der Waals surface area contributed by atoms with E-state index in [1.165, 1.54) is 17.7 Å². The first-order valence-corrected chi connectivity index (χ1v) is 8.93. The summed E-state index contributed by atoms with van der Waals surface area (Å²) in [5, 5.41) is 0. The van der Waals surface area contributed by atoms with E-state index in [0.29, 0.717) is 13.1 Å². The summed E-state index contributed by atoms with van der Waals surface area (Å²) in [6, 6.07) is 14.6. The predicted octanol–water partition coefficient (Wildman–Crippen LogP) is 3.63. The third kappa shape index (κ3) is 4.41. The fraction of sp³-hybridized carbons (Fsp3) is 0.381. The lowest BCUT2D eigenvalue weighted by atomic mass is 10.0. The van der Waals surface area contributed by atoms with Crippen LogP contribution in [0.15, 0.2) is 48.5 Å². The average Bonchev–Trinajstić information content (AvgIpc) is 3.11. The highest BCUT2D eigenvalue weighted by Gasteiger charge is 2.28. The normalized spacial score (nSPS) is 17.3. The number of hydrogen-bond donors (Lipinski definition) is 0. The number of likely N-dealkylation sites (N-methyl/N-ethyl adjacent to an activating group) is 1. The van der Waals surface area contributed by atoms with Gasteiger partial charge in [-0.3, -0.25) is 9.69 Å². The van der Waals surface area contributed by atoms with Crippen molar-refractivity contribution >= 4 is 5.91 Å². The van der Waals surface area contributed by atoms with Crippen molar-refractivity contribution in [3.8, 4) is 5.75 Å². The van der Waals surface area contributed by atoms with E-state index in [2.05, 4.69) is 17.0 Å². The fourth-order valence-corrected chi connectivity index (χ4v) is 3.49. The number of amides is 1. The molecule has 138 valence electrons. The van der Waals surface area contributed by atoms with E-state index in [4.69, 9.17) is 4.74 Å². The Morgan fingerprint density at radius 2 is 2.04 bits per heavy atom. The van der Waals surface area contributed by atoms with Crippen LogP contribution < -0.4 is 4.74 Å². The van der Waals surface area contributed by atoms with Crippen LogP contribution in [0.3, 0.4) is 0 Å². The number of benzene rings is 2. The molecule has 1 aliphatic rings. The summed E-state index contributed by atoms with van der Waals surface area (Å²) in [6.45, 7) is 1.79. The maximum absolute atomic E-state index is 13.0. The molecule has 3 rings (SSSR count). The number of carbonyl (C=O) groups excluding carboxylic acids is 1. The first kappa shape index (κ1) is 18.4. The Labute approximate surface area is 154 Å². The minimum absolute atomic E-state index is 0.0733. The van der Waals surface area contributed by atoms with Gasteiger partial charge in [-0.2, -0.15) is 0 Å². The van der Waals surface area contributed by atoms with Crippen LogP contribution in [0.5, 0.6) is 5.75 Å². The first-order chi connectivity index (χ1) is 12.6. The van der Waals surface area contributed by atoms with E-state index in [1.54, 1.807) is 31.2 Å². The molecule has 1 unspecified atom stereocenters. The second-order valence-corrected chi connectivity index (χ2v) is 6.78. The van der Waals surface area contributed by atoms with Gasteiger partial charge in [0.1, 0.15) is 11.6 Å². The van der Waals surface area contributed by atoms with E-state index in [1.807, 2.05) is 12.1 Å². The van der Waals surface area contributed by atoms with Gasteiger partial charge in [0.2, 0.25) is 5.91 Å². The molecule has 2 aromatic rings. The number of hydrogen-bond acceptors (Lipinski definition) is 3. The van der Waals surface area contributed by atoms with E-state index < -0.39 is 0 Å². The van der Waals surface area contributed by atoms with Crippen molar-refractivity contribution in [2.75, 3.05) is 27.2 Å².